The van der Waals surface area contributed by atoms with Gasteiger partial charge in [0.1, 0.15) is 0 Å². The Morgan fingerprint density at radius 3 is 2.45 bits per heavy atom. The molecule has 2 aromatic rings. The van der Waals surface area contributed by atoms with Gasteiger partial charge in [-0.1, -0.05) is 0 Å². The lowest BCUT2D eigenvalue weighted by atomic mass is 9.75. The van der Waals surface area contributed by atoms with E-state index in [-0.39, 0.29) is 17.7 Å². The summed E-state index contributed by atoms with van der Waals surface area (Å²) in [5, 5.41) is 1.24. The predicted molar refractivity (Wildman–Crippen MR) is 129 cm³/mol. The van der Waals surface area contributed by atoms with E-state index in [1.54, 1.807) is 9.80 Å². The second-order valence-electron chi connectivity index (χ2n) is 10.4. The number of benzene rings is 1. The van der Waals surface area contributed by atoms with Crippen molar-refractivity contribution in [2.75, 3.05) is 40.4 Å². The standard InChI is InChI=1S/C27H37N3O3/c1-28(26(31)19-4-5-19)12-13-29(2)27(32)21-7-9-25-23(17-21)22-16-20(6-8-24(22)30(25)3)18-10-14-33-15-11-18/h7,9,17-20H,4-6,8,10-16H2,1-3H3. The number of carbonyl (C=O) groups is 2. The Kier molecular flexibility index (Phi) is 6.21. The Morgan fingerprint density at radius 2 is 1.73 bits per heavy atom. The van der Waals surface area contributed by atoms with E-state index >= 15 is 0 Å². The van der Waals surface area contributed by atoms with Crippen LogP contribution in [0.25, 0.3) is 10.9 Å². The molecule has 0 bridgehead atoms. The van der Waals surface area contributed by atoms with Gasteiger partial charge in [-0.25, -0.2) is 0 Å². The monoisotopic (exact) mass is 451 g/mol. The topological polar surface area (TPSA) is 54.8 Å². The summed E-state index contributed by atoms with van der Waals surface area (Å²) in [7, 11) is 5.84. The van der Waals surface area contributed by atoms with E-state index in [1.807, 2.05) is 20.2 Å². The van der Waals surface area contributed by atoms with Crippen molar-refractivity contribution in [2.24, 2.45) is 24.8 Å². The number of aryl methyl sites for hydroxylation is 1. The number of hydrogen-bond acceptors (Lipinski definition) is 3. The highest BCUT2D eigenvalue weighted by atomic mass is 16.5. The van der Waals surface area contributed by atoms with Crippen LogP contribution in [0.4, 0.5) is 0 Å². The highest BCUT2D eigenvalue weighted by Crippen LogP contribution is 2.39. The molecule has 3 aliphatic rings. The van der Waals surface area contributed by atoms with E-state index in [9.17, 15) is 9.59 Å². The van der Waals surface area contributed by atoms with Gasteiger partial charge >= 0.3 is 0 Å². The molecule has 0 N–H and O–H groups in total. The Morgan fingerprint density at radius 1 is 1.00 bits per heavy atom. The smallest absolute Gasteiger partial charge is 0.253 e. The maximum atomic E-state index is 13.2. The minimum atomic E-state index is 0.0264. The number of fused-ring (bicyclic) bond motifs is 3. The number of likely N-dealkylation sites (N-methyl/N-ethyl adjacent to an activating group) is 2. The molecule has 2 amide bonds. The molecule has 6 heteroatoms. The summed E-state index contributed by atoms with van der Waals surface area (Å²) in [4.78, 5) is 28.9. The fourth-order valence-corrected chi connectivity index (χ4v) is 5.90. The van der Waals surface area contributed by atoms with Crippen LogP contribution in [-0.2, 0) is 29.4 Å². The minimum Gasteiger partial charge on any atom is -0.381 e. The van der Waals surface area contributed by atoms with Gasteiger partial charge < -0.3 is 19.1 Å². The zero-order valence-corrected chi connectivity index (χ0v) is 20.3. The lowest BCUT2D eigenvalue weighted by molar-refractivity contribution is -0.131. The number of nitrogens with zero attached hydrogens (tertiary/aromatic N) is 3. The number of carbonyl (C=O) groups excluding carboxylic acids is 2. The van der Waals surface area contributed by atoms with Crippen LogP contribution in [-0.4, -0.2) is 66.6 Å². The van der Waals surface area contributed by atoms with E-state index in [1.165, 1.54) is 41.4 Å². The molecule has 6 nitrogen and oxygen atoms in total. The second-order valence-corrected chi connectivity index (χ2v) is 10.4. The van der Waals surface area contributed by atoms with Gasteiger partial charge in [-0.15, -0.1) is 0 Å². The predicted octanol–water partition coefficient (Wildman–Crippen LogP) is 3.65. The van der Waals surface area contributed by atoms with Crippen molar-refractivity contribution in [2.45, 2.75) is 44.9 Å². The van der Waals surface area contributed by atoms with Crippen LogP contribution < -0.4 is 0 Å². The molecule has 0 radical (unpaired) electrons. The van der Waals surface area contributed by atoms with Gasteiger partial charge in [0.25, 0.3) is 5.91 Å². The molecule has 1 saturated carbocycles. The van der Waals surface area contributed by atoms with Gasteiger partial charge in [-0.3, -0.25) is 9.59 Å². The minimum absolute atomic E-state index is 0.0264. The number of aromatic nitrogens is 1. The van der Waals surface area contributed by atoms with Crippen LogP contribution in [0, 0.1) is 17.8 Å². The summed E-state index contributed by atoms with van der Waals surface area (Å²) in [6.45, 7) is 2.92. The average molecular weight is 452 g/mol. The van der Waals surface area contributed by atoms with Gasteiger partial charge in [0, 0.05) is 75.5 Å². The number of rotatable bonds is 6. The molecule has 1 aliphatic heterocycles. The van der Waals surface area contributed by atoms with Crippen molar-refractivity contribution in [1.29, 1.82) is 0 Å². The first kappa shape index (κ1) is 22.5. The molecule has 1 unspecified atom stereocenters. The molecular formula is C27H37N3O3. The van der Waals surface area contributed by atoms with Crippen molar-refractivity contribution in [3.05, 3.63) is 35.0 Å². The van der Waals surface area contributed by atoms with E-state index in [0.717, 1.165) is 50.4 Å². The molecule has 1 atom stereocenters. The molecule has 1 aromatic heterocycles. The van der Waals surface area contributed by atoms with Gasteiger partial charge in [0.15, 0.2) is 0 Å². The molecule has 2 aliphatic carbocycles. The quantitative estimate of drug-likeness (QED) is 0.674. The van der Waals surface area contributed by atoms with Crippen LogP contribution in [0.5, 0.6) is 0 Å². The van der Waals surface area contributed by atoms with Crippen molar-refractivity contribution in [1.82, 2.24) is 14.4 Å². The van der Waals surface area contributed by atoms with Crippen molar-refractivity contribution >= 4 is 22.7 Å². The Hall–Kier alpha value is -2.34. The molecule has 178 valence electrons. The molecule has 2 fully saturated rings. The third-order valence-corrected chi connectivity index (χ3v) is 8.25. The van der Waals surface area contributed by atoms with Gasteiger partial charge in [-0.2, -0.15) is 0 Å². The Labute approximate surface area is 196 Å². The molecule has 2 heterocycles. The fourth-order valence-electron chi connectivity index (χ4n) is 5.90. The SMILES string of the molecule is CN(CCN(C)C(=O)C1CC1)C(=O)c1ccc2c(c1)c1c(n2C)CCC(C2CCOCC2)C1. The zero-order chi connectivity index (χ0) is 23.1. The highest BCUT2D eigenvalue weighted by Gasteiger charge is 2.32. The normalized spacial score (nSPS) is 21.1. The molecule has 5 rings (SSSR count). The first-order valence-electron chi connectivity index (χ1n) is 12.6. The number of amides is 2. The summed E-state index contributed by atoms with van der Waals surface area (Å²) >= 11 is 0. The van der Waals surface area contributed by atoms with Crippen LogP contribution in [0.1, 0.15) is 53.7 Å². The maximum absolute atomic E-state index is 13.2. The molecule has 1 saturated heterocycles. The van der Waals surface area contributed by atoms with Crippen molar-refractivity contribution in [3.8, 4) is 0 Å². The van der Waals surface area contributed by atoms with Crippen LogP contribution in [0.15, 0.2) is 18.2 Å². The highest BCUT2D eigenvalue weighted by molar-refractivity contribution is 5.99. The van der Waals surface area contributed by atoms with Gasteiger partial charge in [-0.05, 0) is 80.5 Å². The number of hydrogen-bond donors (Lipinski definition) is 0. The average Bonchev–Trinajstić information content (AvgIpc) is 3.67. The van der Waals surface area contributed by atoms with E-state index < -0.39 is 0 Å². The maximum Gasteiger partial charge on any atom is 0.253 e. The van der Waals surface area contributed by atoms with E-state index in [2.05, 4.69) is 23.7 Å². The van der Waals surface area contributed by atoms with Crippen LogP contribution in [0.3, 0.4) is 0 Å². The molecule has 33 heavy (non-hydrogen) atoms. The van der Waals surface area contributed by atoms with Gasteiger partial charge in [0.2, 0.25) is 5.91 Å². The summed E-state index contributed by atoms with van der Waals surface area (Å²) in [5.41, 5.74) is 4.85. The Balaban J connectivity index is 1.32. The number of ether oxygens (including phenoxy) is 1. The van der Waals surface area contributed by atoms with Crippen molar-refractivity contribution in [3.63, 3.8) is 0 Å². The lowest BCUT2D eigenvalue weighted by Crippen LogP contribution is -2.37. The lowest BCUT2D eigenvalue weighted by Gasteiger charge is -2.33. The summed E-state index contributed by atoms with van der Waals surface area (Å²) < 4.78 is 7.93. The molecular weight excluding hydrogens is 414 g/mol. The summed E-state index contributed by atoms with van der Waals surface area (Å²) in [6, 6.07) is 6.18. The third-order valence-electron chi connectivity index (χ3n) is 8.25. The van der Waals surface area contributed by atoms with E-state index in [0.29, 0.717) is 19.0 Å². The first-order valence-corrected chi connectivity index (χ1v) is 12.6. The fraction of sp³-hybridized carbons (Fsp3) is 0.630. The third kappa shape index (κ3) is 4.42. The molecule has 1 aromatic carbocycles. The summed E-state index contributed by atoms with van der Waals surface area (Å²) in [6.07, 6.45) is 7.85. The first-order chi connectivity index (χ1) is 15.9. The Bertz CT molecular complexity index is 1050. The van der Waals surface area contributed by atoms with Crippen molar-refractivity contribution < 1.29 is 14.3 Å². The second kappa shape index (κ2) is 9.13. The van der Waals surface area contributed by atoms with E-state index in [4.69, 9.17) is 4.74 Å². The zero-order valence-electron chi connectivity index (χ0n) is 20.3. The summed E-state index contributed by atoms with van der Waals surface area (Å²) in [5.74, 6) is 1.93. The largest absolute Gasteiger partial charge is 0.381 e. The van der Waals surface area contributed by atoms with Crippen LogP contribution in [0.2, 0.25) is 0 Å². The molecule has 0 spiro atoms. The van der Waals surface area contributed by atoms with Crippen LogP contribution >= 0.6 is 0 Å². The van der Waals surface area contributed by atoms with Gasteiger partial charge in [0.05, 0.1) is 0 Å².